The lowest BCUT2D eigenvalue weighted by Gasteiger charge is -2.38. The van der Waals surface area contributed by atoms with Crippen LogP contribution in [-0.4, -0.2) is 53.5 Å². The van der Waals surface area contributed by atoms with E-state index >= 15 is 0 Å². The molecule has 3 N–H and O–H groups in total. The zero-order chi connectivity index (χ0) is 13.6. The molecule has 0 saturated carbocycles. The number of amides is 1. The molecule has 0 aromatic rings. The van der Waals surface area contributed by atoms with Gasteiger partial charge in [-0.25, -0.2) is 0 Å². The molecule has 0 bridgehead atoms. The molecular formula is C13H27N3OS. The molecule has 0 aromatic carbocycles. The predicted molar refractivity (Wildman–Crippen MR) is 78.9 cm³/mol. The van der Waals surface area contributed by atoms with Crippen LogP contribution in [0.3, 0.4) is 0 Å². The van der Waals surface area contributed by atoms with Crippen LogP contribution in [0.2, 0.25) is 0 Å². The highest BCUT2D eigenvalue weighted by Crippen LogP contribution is 2.22. The first-order chi connectivity index (χ1) is 8.38. The number of nitrogens with zero attached hydrogens (tertiary/aromatic N) is 1. The van der Waals surface area contributed by atoms with Gasteiger partial charge in [0.25, 0.3) is 0 Å². The molecule has 1 heterocycles. The summed E-state index contributed by atoms with van der Waals surface area (Å²) in [5.74, 6) is 2.53. The van der Waals surface area contributed by atoms with E-state index in [9.17, 15) is 4.79 Å². The molecule has 1 fully saturated rings. The van der Waals surface area contributed by atoms with Crippen molar-refractivity contribution in [2.75, 3.05) is 31.1 Å². The van der Waals surface area contributed by atoms with Crippen LogP contribution in [0.1, 0.15) is 33.6 Å². The molecule has 18 heavy (non-hydrogen) atoms. The van der Waals surface area contributed by atoms with Gasteiger partial charge < -0.3 is 11.1 Å². The average molecular weight is 273 g/mol. The van der Waals surface area contributed by atoms with Crippen LogP contribution in [0.15, 0.2) is 0 Å². The van der Waals surface area contributed by atoms with E-state index in [-0.39, 0.29) is 11.4 Å². The van der Waals surface area contributed by atoms with Gasteiger partial charge in [-0.2, -0.15) is 11.8 Å². The Morgan fingerprint density at radius 2 is 2.06 bits per heavy atom. The maximum absolute atomic E-state index is 10.9. The highest BCUT2D eigenvalue weighted by molar-refractivity contribution is 7.99. The number of carbonyl (C=O) groups excluding carboxylic acids is 1. The van der Waals surface area contributed by atoms with Crippen LogP contribution in [0.25, 0.3) is 0 Å². The summed E-state index contributed by atoms with van der Waals surface area (Å²) < 4.78 is 0. The fourth-order valence-corrected chi connectivity index (χ4v) is 3.42. The second-order valence-electron chi connectivity index (χ2n) is 5.79. The lowest BCUT2D eigenvalue weighted by atomic mass is 10.0. The Kier molecular flexibility index (Phi) is 6.46. The van der Waals surface area contributed by atoms with Crippen LogP contribution < -0.4 is 11.1 Å². The number of hydrogen-bond donors (Lipinski definition) is 2. The molecule has 1 aliphatic heterocycles. The first kappa shape index (κ1) is 15.8. The summed E-state index contributed by atoms with van der Waals surface area (Å²) >= 11 is 2.04. The summed E-state index contributed by atoms with van der Waals surface area (Å²) in [7, 11) is 0. The number of nitrogens with two attached hydrogens (primary N) is 1. The number of nitrogens with one attached hydrogen (secondary N) is 1. The smallest absolute Gasteiger partial charge is 0.216 e. The van der Waals surface area contributed by atoms with Gasteiger partial charge in [0, 0.05) is 38.1 Å². The molecule has 0 spiro atoms. The van der Waals surface area contributed by atoms with E-state index in [1.165, 1.54) is 24.3 Å². The van der Waals surface area contributed by atoms with Crippen molar-refractivity contribution in [2.24, 2.45) is 5.73 Å². The van der Waals surface area contributed by atoms with Gasteiger partial charge in [-0.1, -0.05) is 0 Å². The summed E-state index contributed by atoms with van der Waals surface area (Å²) in [6, 6.07) is 0.628. The van der Waals surface area contributed by atoms with Gasteiger partial charge in [0.1, 0.15) is 0 Å². The van der Waals surface area contributed by atoms with Crippen molar-refractivity contribution >= 4 is 17.7 Å². The first-order valence-corrected chi connectivity index (χ1v) is 7.89. The zero-order valence-corrected chi connectivity index (χ0v) is 12.7. The van der Waals surface area contributed by atoms with Crippen LogP contribution in [0.5, 0.6) is 0 Å². The summed E-state index contributed by atoms with van der Waals surface area (Å²) in [6.07, 6.45) is 2.47. The first-order valence-electron chi connectivity index (χ1n) is 6.73. The summed E-state index contributed by atoms with van der Waals surface area (Å²) in [5, 5.41) is 2.87. The Morgan fingerprint density at radius 3 is 2.56 bits per heavy atom. The maximum atomic E-state index is 10.9. The van der Waals surface area contributed by atoms with Gasteiger partial charge in [0.2, 0.25) is 5.91 Å². The van der Waals surface area contributed by atoms with Gasteiger partial charge in [-0.3, -0.25) is 9.69 Å². The summed E-state index contributed by atoms with van der Waals surface area (Å²) in [5.41, 5.74) is 5.96. The standard InChI is InChI=1S/C13H27N3OS/c1-11(17)15-6-7-16(10-13(2,3)14)12-4-8-18-9-5-12/h12H,4-10,14H2,1-3H3,(H,15,17). The van der Waals surface area contributed by atoms with Crippen molar-refractivity contribution < 1.29 is 4.79 Å². The van der Waals surface area contributed by atoms with Gasteiger partial charge in [0.15, 0.2) is 0 Å². The van der Waals surface area contributed by atoms with E-state index in [4.69, 9.17) is 5.73 Å². The van der Waals surface area contributed by atoms with E-state index in [0.717, 1.165) is 19.6 Å². The second-order valence-corrected chi connectivity index (χ2v) is 7.01. The van der Waals surface area contributed by atoms with Gasteiger partial charge in [-0.15, -0.1) is 0 Å². The quantitative estimate of drug-likeness (QED) is 0.760. The van der Waals surface area contributed by atoms with E-state index < -0.39 is 0 Å². The zero-order valence-electron chi connectivity index (χ0n) is 11.9. The minimum absolute atomic E-state index is 0.0427. The monoisotopic (exact) mass is 273 g/mol. The molecular weight excluding hydrogens is 246 g/mol. The van der Waals surface area contributed by atoms with Crippen LogP contribution >= 0.6 is 11.8 Å². The number of hydrogen-bond acceptors (Lipinski definition) is 4. The minimum atomic E-state index is -0.180. The molecule has 5 heteroatoms. The molecule has 106 valence electrons. The molecule has 1 rings (SSSR count). The van der Waals surface area contributed by atoms with Crippen LogP contribution in [-0.2, 0) is 4.79 Å². The molecule has 0 unspecified atom stereocenters. The van der Waals surface area contributed by atoms with Crippen LogP contribution in [0, 0.1) is 0 Å². The lowest BCUT2D eigenvalue weighted by molar-refractivity contribution is -0.119. The van der Waals surface area contributed by atoms with Gasteiger partial charge in [0.05, 0.1) is 0 Å². The molecule has 0 aliphatic carbocycles. The SMILES string of the molecule is CC(=O)NCCN(CC(C)(C)N)C1CCSCC1. The molecule has 1 saturated heterocycles. The molecule has 1 aliphatic rings. The van der Waals surface area contributed by atoms with E-state index in [0.29, 0.717) is 6.04 Å². The van der Waals surface area contributed by atoms with Crippen molar-refractivity contribution in [3.63, 3.8) is 0 Å². The van der Waals surface area contributed by atoms with E-state index in [1.807, 2.05) is 11.8 Å². The van der Waals surface area contributed by atoms with E-state index in [2.05, 4.69) is 24.1 Å². The Balaban J connectivity index is 2.47. The Labute approximate surface area is 115 Å². The van der Waals surface area contributed by atoms with Crippen molar-refractivity contribution in [2.45, 2.75) is 45.2 Å². The number of carbonyl (C=O) groups is 1. The van der Waals surface area contributed by atoms with Gasteiger partial charge in [-0.05, 0) is 38.2 Å². The second kappa shape index (κ2) is 7.36. The Bertz CT molecular complexity index is 259. The fraction of sp³-hybridized carbons (Fsp3) is 0.923. The molecule has 0 atom stereocenters. The predicted octanol–water partition coefficient (Wildman–Crippen LogP) is 1.06. The third kappa shape index (κ3) is 6.61. The number of thioether (sulfide) groups is 1. The molecule has 1 amide bonds. The minimum Gasteiger partial charge on any atom is -0.355 e. The molecule has 0 aromatic heterocycles. The van der Waals surface area contributed by atoms with Gasteiger partial charge >= 0.3 is 0 Å². The fourth-order valence-electron chi connectivity index (χ4n) is 2.34. The number of rotatable bonds is 6. The summed E-state index contributed by atoms with van der Waals surface area (Å²) in [4.78, 5) is 13.4. The van der Waals surface area contributed by atoms with Crippen LogP contribution in [0.4, 0.5) is 0 Å². The maximum Gasteiger partial charge on any atom is 0.216 e. The topological polar surface area (TPSA) is 58.4 Å². The summed E-state index contributed by atoms with van der Waals surface area (Å²) in [6.45, 7) is 8.20. The lowest BCUT2D eigenvalue weighted by Crippen LogP contribution is -2.51. The normalized spacial score (nSPS) is 18.1. The average Bonchev–Trinajstić information content (AvgIpc) is 2.27. The Morgan fingerprint density at radius 1 is 1.44 bits per heavy atom. The van der Waals surface area contributed by atoms with E-state index in [1.54, 1.807) is 6.92 Å². The largest absolute Gasteiger partial charge is 0.355 e. The molecule has 0 radical (unpaired) electrons. The van der Waals surface area contributed by atoms with Crippen molar-refractivity contribution in [1.29, 1.82) is 0 Å². The van der Waals surface area contributed by atoms with Crippen molar-refractivity contribution in [3.05, 3.63) is 0 Å². The highest BCUT2D eigenvalue weighted by Gasteiger charge is 2.25. The molecule has 4 nitrogen and oxygen atoms in total. The third-order valence-electron chi connectivity index (χ3n) is 3.09. The highest BCUT2D eigenvalue weighted by atomic mass is 32.2. The van der Waals surface area contributed by atoms with Crippen molar-refractivity contribution in [1.82, 2.24) is 10.2 Å². The third-order valence-corrected chi connectivity index (χ3v) is 4.14. The van der Waals surface area contributed by atoms with Crippen molar-refractivity contribution in [3.8, 4) is 0 Å². The Hall–Kier alpha value is -0.260.